The zero-order chi connectivity index (χ0) is 24.7. The third-order valence-electron chi connectivity index (χ3n) is 5.59. The number of nitrogens with one attached hydrogen (secondary N) is 1. The highest BCUT2D eigenvalue weighted by Gasteiger charge is 2.39. The number of benzene rings is 2. The molecule has 0 radical (unpaired) electrons. The molecule has 10 heteroatoms. The maximum atomic E-state index is 13.3. The molecular weight excluding hydrogens is 460 g/mol. The van der Waals surface area contributed by atoms with E-state index in [4.69, 9.17) is 14.2 Å². The van der Waals surface area contributed by atoms with Gasteiger partial charge in [-0.05, 0) is 55.7 Å². The highest BCUT2D eigenvalue weighted by atomic mass is 32.2. The van der Waals surface area contributed by atoms with Crippen LogP contribution in [0.25, 0.3) is 0 Å². The van der Waals surface area contributed by atoms with Crippen molar-refractivity contribution in [3.63, 3.8) is 0 Å². The zero-order valence-corrected chi connectivity index (χ0v) is 20.4. The van der Waals surface area contributed by atoms with Crippen LogP contribution in [0.5, 0.6) is 11.5 Å². The molecule has 34 heavy (non-hydrogen) atoms. The summed E-state index contributed by atoms with van der Waals surface area (Å²) in [5, 5.41) is 2.75. The van der Waals surface area contributed by atoms with Crippen LogP contribution in [0.4, 0.5) is 5.69 Å². The smallest absolute Gasteiger partial charge is 0.338 e. The van der Waals surface area contributed by atoms with Gasteiger partial charge in [0.1, 0.15) is 6.04 Å². The topological polar surface area (TPSA) is 111 Å². The molecule has 1 saturated heterocycles. The highest BCUT2D eigenvalue weighted by molar-refractivity contribution is 7.89. The number of hydrogen-bond donors (Lipinski definition) is 1. The van der Waals surface area contributed by atoms with E-state index in [0.29, 0.717) is 36.4 Å². The summed E-state index contributed by atoms with van der Waals surface area (Å²) in [6, 6.07) is 9.81. The van der Waals surface area contributed by atoms with Gasteiger partial charge >= 0.3 is 5.97 Å². The molecule has 2 aromatic carbocycles. The molecule has 1 amide bonds. The number of methoxy groups -OCH3 is 2. The van der Waals surface area contributed by atoms with Gasteiger partial charge < -0.3 is 19.5 Å². The zero-order valence-electron chi connectivity index (χ0n) is 19.6. The van der Waals surface area contributed by atoms with Crippen LogP contribution in [0.2, 0.25) is 0 Å². The molecule has 9 nitrogen and oxygen atoms in total. The van der Waals surface area contributed by atoms with Gasteiger partial charge in [0.2, 0.25) is 15.9 Å². The molecule has 1 fully saturated rings. The van der Waals surface area contributed by atoms with Crippen LogP contribution in [-0.2, 0) is 19.6 Å². The van der Waals surface area contributed by atoms with Crippen molar-refractivity contribution in [2.24, 2.45) is 0 Å². The number of carbonyl (C=O) groups is 2. The number of carbonyl (C=O) groups excluding carboxylic acids is 2. The number of sulfonamides is 1. The van der Waals surface area contributed by atoms with Crippen LogP contribution in [0.3, 0.4) is 0 Å². The number of ether oxygens (including phenoxy) is 3. The minimum absolute atomic E-state index is 0.0239. The molecule has 0 saturated carbocycles. The van der Waals surface area contributed by atoms with Gasteiger partial charge in [0.25, 0.3) is 0 Å². The molecule has 0 aliphatic carbocycles. The fraction of sp³-hybridized carbons (Fsp3) is 0.417. The minimum atomic E-state index is -3.94. The third-order valence-corrected chi connectivity index (χ3v) is 7.49. The molecule has 184 valence electrons. The second-order valence-corrected chi connectivity index (χ2v) is 9.74. The molecule has 1 atom stereocenters. The van der Waals surface area contributed by atoms with E-state index in [-0.39, 0.29) is 17.2 Å². The lowest BCUT2D eigenvalue weighted by molar-refractivity contribution is -0.119. The van der Waals surface area contributed by atoms with Gasteiger partial charge in [0.05, 0.1) is 31.3 Å². The highest BCUT2D eigenvalue weighted by Crippen LogP contribution is 2.33. The van der Waals surface area contributed by atoms with Crippen molar-refractivity contribution in [1.29, 1.82) is 0 Å². The van der Waals surface area contributed by atoms with Crippen molar-refractivity contribution in [3.8, 4) is 11.5 Å². The Morgan fingerprint density at radius 1 is 1.06 bits per heavy atom. The molecule has 2 aromatic rings. The van der Waals surface area contributed by atoms with Crippen molar-refractivity contribution >= 4 is 27.6 Å². The Balaban J connectivity index is 1.71. The number of amides is 1. The first kappa shape index (κ1) is 25.5. The van der Waals surface area contributed by atoms with Crippen molar-refractivity contribution in [2.75, 3.05) is 32.7 Å². The Kier molecular flexibility index (Phi) is 8.51. The normalized spacial score (nSPS) is 16.1. The summed E-state index contributed by atoms with van der Waals surface area (Å²) in [6.07, 6.45) is 2.69. The second kappa shape index (κ2) is 11.3. The maximum Gasteiger partial charge on any atom is 0.338 e. The molecule has 1 unspecified atom stereocenters. The Morgan fingerprint density at radius 3 is 2.41 bits per heavy atom. The van der Waals surface area contributed by atoms with E-state index in [9.17, 15) is 18.0 Å². The van der Waals surface area contributed by atoms with Gasteiger partial charge in [-0.2, -0.15) is 4.31 Å². The fourth-order valence-corrected chi connectivity index (χ4v) is 5.38. The molecule has 0 bridgehead atoms. The van der Waals surface area contributed by atoms with Crippen molar-refractivity contribution in [3.05, 3.63) is 48.0 Å². The molecule has 1 N–H and O–H groups in total. The van der Waals surface area contributed by atoms with Crippen molar-refractivity contribution in [1.82, 2.24) is 4.31 Å². The van der Waals surface area contributed by atoms with E-state index in [0.717, 1.165) is 12.8 Å². The monoisotopic (exact) mass is 490 g/mol. The van der Waals surface area contributed by atoms with Crippen LogP contribution in [0, 0.1) is 0 Å². The standard InChI is InChI=1S/C24H30N2O7S/c1-4-5-15-33-24(28)17-8-10-18(11-9-17)25-23(27)20-7-6-14-26(20)34(29,30)19-12-13-21(31-2)22(16-19)32-3/h8-13,16,20H,4-7,14-15H2,1-3H3,(H,25,27). The first-order chi connectivity index (χ1) is 16.3. The van der Waals surface area contributed by atoms with Crippen LogP contribution in [0.1, 0.15) is 43.0 Å². The lowest BCUT2D eigenvalue weighted by atomic mass is 10.2. The lowest BCUT2D eigenvalue weighted by Gasteiger charge is -2.24. The summed E-state index contributed by atoms with van der Waals surface area (Å²) in [6.45, 7) is 2.60. The van der Waals surface area contributed by atoms with Crippen LogP contribution in [0.15, 0.2) is 47.4 Å². The summed E-state index contributed by atoms with van der Waals surface area (Å²) in [5.41, 5.74) is 0.845. The summed E-state index contributed by atoms with van der Waals surface area (Å²) in [4.78, 5) is 25.0. The van der Waals surface area contributed by atoms with Gasteiger partial charge in [-0.15, -0.1) is 0 Å². The van der Waals surface area contributed by atoms with E-state index >= 15 is 0 Å². The summed E-state index contributed by atoms with van der Waals surface area (Å²) in [5.74, 6) is -0.152. The van der Waals surface area contributed by atoms with E-state index < -0.39 is 27.9 Å². The number of unbranched alkanes of at least 4 members (excludes halogenated alkanes) is 1. The summed E-state index contributed by atoms with van der Waals surface area (Å²) < 4.78 is 43.4. The molecule has 1 heterocycles. The molecule has 0 spiro atoms. The second-order valence-electron chi connectivity index (χ2n) is 7.85. The quantitative estimate of drug-likeness (QED) is 0.401. The molecule has 0 aromatic heterocycles. The van der Waals surface area contributed by atoms with Gasteiger partial charge in [-0.1, -0.05) is 13.3 Å². The van der Waals surface area contributed by atoms with Gasteiger partial charge in [-0.3, -0.25) is 4.79 Å². The summed E-state index contributed by atoms with van der Waals surface area (Å²) in [7, 11) is -1.04. The number of hydrogen-bond acceptors (Lipinski definition) is 7. The van der Waals surface area contributed by atoms with E-state index in [2.05, 4.69) is 5.32 Å². The Morgan fingerprint density at radius 2 is 1.76 bits per heavy atom. The molecule has 1 aliphatic heterocycles. The first-order valence-corrected chi connectivity index (χ1v) is 12.6. The van der Waals surface area contributed by atoms with Crippen molar-refractivity contribution in [2.45, 2.75) is 43.5 Å². The predicted molar refractivity (Wildman–Crippen MR) is 127 cm³/mol. The maximum absolute atomic E-state index is 13.3. The SMILES string of the molecule is CCCCOC(=O)c1ccc(NC(=O)C2CCCN2S(=O)(=O)c2ccc(OC)c(OC)c2)cc1. The minimum Gasteiger partial charge on any atom is -0.493 e. The van der Waals surface area contributed by atoms with Crippen LogP contribution >= 0.6 is 0 Å². The Hall–Kier alpha value is -3.11. The molecular formula is C24H30N2O7S. The van der Waals surface area contributed by atoms with Gasteiger partial charge in [0.15, 0.2) is 11.5 Å². The predicted octanol–water partition coefficient (Wildman–Crippen LogP) is 3.45. The Bertz CT molecular complexity index is 1120. The number of esters is 1. The van der Waals surface area contributed by atoms with Gasteiger partial charge in [0, 0.05) is 18.3 Å². The largest absolute Gasteiger partial charge is 0.493 e. The number of nitrogens with zero attached hydrogens (tertiary/aromatic N) is 1. The number of rotatable bonds is 10. The van der Waals surface area contributed by atoms with Crippen LogP contribution in [-0.4, -0.2) is 58.0 Å². The average Bonchev–Trinajstić information content (AvgIpc) is 3.35. The third kappa shape index (κ3) is 5.68. The van der Waals surface area contributed by atoms with E-state index in [1.165, 1.54) is 36.7 Å². The lowest BCUT2D eigenvalue weighted by Crippen LogP contribution is -2.43. The molecule has 3 rings (SSSR count). The fourth-order valence-electron chi connectivity index (χ4n) is 3.71. The number of anilines is 1. The van der Waals surface area contributed by atoms with Gasteiger partial charge in [-0.25, -0.2) is 13.2 Å². The van der Waals surface area contributed by atoms with Crippen LogP contribution < -0.4 is 14.8 Å². The van der Waals surface area contributed by atoms with E-state index in [1.54, 1.807) is 24.3 Å². The van der Waals surface area contributed by atoms with E-state index in [1.807, 2.05) is 6.92 Å². The average molecular weight is 491 g/mol. The summed E-state index contributed by atoms with van der Waals surface area (Å²) >= 11 is 0. The molecule has 1 aliphatic rings. The Labute approximate surface area is 200 Å². The van der Waals surface area contributed by atoms with Crippen molar-refractivity contribution < 1.29 is 32.2 Å². The first-order valence-electron chi connectivity index (χ1n) is 11.1.